The van der Waals surface area contributed by atoms with Crippen LogP contribution in [0, 0.1) is 18.3 Å². The molecule has 1 saturated heterocycles. The van der Waals surface area contributed by atoms with Crippen molar-refractivity contribution >= 4 is 58.5 Å². The topological polar surface area (TPSA) is 179 Å². The fraction of sp³-hybridized carbons (Fsp3) is 0.433. The Labute approximate surface area is 451 Å². The Morgan fingerprint density at radius 2 is 1.55 bits per heavy atom. The summed E-state index contributed by atoms with van der Waals surface area (Å²) in [4.78, 5) is 73.8. The molecule has 2 aromatic heterocycles. The first-order chi connectivity index (χ1) is 36.0. The normalized spacial score (nSPS) is 17.8. The van der Waals surface area contributed by atoms with Gasteiger partial charge >= 0.3 is 0 Å². The molecule has 1 aliphatic carbocycles. The number of allylic oxidation sites excluding steroid dienone is 1. The van der Waals surface area contributed by atoms with Crippen LogP contribution in [-0.2, 0) is 38.7 Å². The Bertz CT molecular complexity index is 2770. The lowest BCUT2D eigenvalue weighted by molar-refractivity contribution is -0.144. The van der Waals surface area contributed by atoms with Crippen LogP contribution in [0.1, 0.15) is 135 Å². The van der Waals surface area contributed by atoms with E-state index in [4.69, 9.17) is 16.3 Å². The van der Waals surface area contributed by atoms with Crippen molar-refractivity contribution in [3.05, 3.63) is 147 Å². The molecule has 3 heterocycles. The number of halogens is 1. The molecule has 3 atom stereocenters. The van der Waals surface area contributed by atoms with Gasteiger partial charge in [0.15, 0.2) is 0 Å². The maximum atomic E-state index is 14.0. The molecule has 5 amide bonds. The van der Waals surface area contributed by atoms with E-state index >= 15 is 0 Å². The van der Waals surface area contributed by atoms with Crippen molar-refractivity contribution in [3.63, 3.8) is 0 Å². The van der Waals surface area contributed by atoms with Crippen LogP contribution >= 0.6 is 22.9 Å². The van der Waals surface area contributed by atoms with Crippen LogP contribution in [0.25, 0.3) is 16.5 Å². The van der Waals surface area contributed by atoms with Crippen LogP contribution in [0.15, 0.2) is 103 Å². The predicted molar refractivity (Wildman–Crippen MR) is 297 cm³/mol. The van der Waals surface area contributed by atoms with Gasteiger partial charge in [-0.05, 0) is 113 Å². The number of hydrogen-bond acceptors (Lipinski definition) is 9. The van der Waals surface area contributed by atoms with Crippen molar-refractivity contribution in [3.8, 4) is 16.2 Å². The molecule has 5 N–H and O–H groups in total. The van der Waals surface area contributed by atoms with Crippen LogP contribution in [0.5, 0.6) is 5.75 Å². The zero-order chi connectivity index (χ0) is 53.5. The Balaban J connectivity index is 0.756. The van der Waals surface area contributed by atoms with Gasteiger partial charge in [-0.2, -0.15) is 0 Å². The van der Waals surface area contributed by atoms with Gasteiger partial charge in [0.05, 0.1) is 25.8 Å². The van der Waals surface area contributed by atoms with Crippen molar-refractivity contribution in [2.24, 2.45) is 11.3 Å². The number of unbranched alkanes of at least 4 members (excludes halogenated alkanes) is 5. The Morgan fingerprint density at radius 1 is 0.840 bits per heavy atom. The van der Waals surface area contributed by atoms with Crippen LogP contribution in [0.3, 0.4) is 0 Å². The number of pyridine rings is 1. The van der Waals surface area contributed by atoms with Gasteiger partial charge < -0.3 is 36.0 Å². The molecule has 1 saturated carbocycles. The molecule has 0 bridgehead atoms. The summed E-state index contributed by atoms with van der Waals surface area (Å²) in [6.45, 7) is 8.89. The number of nitrogens with zero attached hydrogens (tertiary/aromatic N) is 2. The Kier molecular flexibility index (Phi) is 20.2. The SMILES string of the molecule is COc1cnc(C(=O)NCc2cccc(CC(=O)NCCCCCCCCC(=O)N[C@H](C(=O)N3C[C@H](O)C[C@H]3C(=O)NCc3ccc(-c4sccc4C)cc3)C(C)(C)C)c2)cc1/C=C/C1CC(c2ccc(Cl)cc2)C1. The minimum Gasteiger partial charge on any atom is -0.495 e. The molecule has 2 fully saturated rings. The fourth-order valence-corrected chi connectivity index (χ4v) is 10.8. The number of carbonyl (C=O) groups is 5. The number of carbonyl (C=O) groups excluding carboxylic acids is 5. The molecule has 2 aliphatic rings. The number of thiophene rings is 1. The molecular weight excluding hydrogens is 984 g/mol. The smallest absolute Gasteiger partial charge is 0.270 e. The molecule has 1 aliphatic heterocycles. The number of benzene rings is 3. The van der Waals surface area contributed by atoms with Gasteiger partial charge in [0.25, 0.3) is 5.91 Å². The van der Waals surface area contributed by atoms with Gasteiger partial charge in [0.1, 0.15) is 23.5 Å². The summed E-state index contributed by atoms with van der Waals surface area (Å²) in [6.07, 6.45) is 12.8. The highest BCUT2D eigenvalue weighted by Gasteiger charge is 2.44. The first-order valence-corrected chi connectivity index (χ1v) is 27.6. The fourth-order valence-electron chi connectivity index (χ4n) is 9.77. The number of rotatable bonds is 24. The maximum absolute atomic E-state index is 14.0. The molecule has 0 unspecified atom stereocenters. The van der Waals surface area contributed by atoms with Crippen molar-refractivity contribution < 1.29 is 33.8 Å². The third kappa shape index (κ3) is 16.3. The molecular formula is C60H73ClN6O7S. The van der Waals surface area contributed by atoms with Gasteiger partial charge in [0, 0.05) is 54.5 Å². The molecule has 0 radical (unpaired) electrons. The monoisotopic (exact) mass is 1060 g/mol. The molecule has 398 valence electrons. The zero-order valence-corrected chi connectivity index (χ0v) is 45.5. The number of aryl methyl sites for hydroxylation is 1. The molecule has 0 spiro atoms. The van der Waals surface area contributed by atoms with Crippen LogP contribution < -0.4 is 26.0 Å². The van der Waals surface area contributed by atoms with E-state index in [1.807, 2.05) is 87.5 Å². The van der Waals surface area contributed by atoms with E-state index < -0.39 is 23.6 Å². The van der Waals surface area contributed by atoms with Crippen molar-refractivity contribution in [2.75, 3.05) is 20.2 Å². The number of aliphatic hydroxyl groups is 1. The van der Waals surface area contributed by atoms with Gasteiger partial charge in [-0.15, -0.1) is 11.3 Å². The van der Waals surface area contributed by atoms with E-state index in [1.165, 1.54) is 20.9 Å². The number of β-amino-alcohol motifs (C(OH)–C–C–N with tert-alkyl or cyclic N) is 1. The molecule has 75 heavy (non-hydrogen) atoms. The molecule has 3 aromatic carbocycles. The van der Waals surface area contributed by atoms with Crippen molar-refractivity contribution in [1.29, 1.82) is 0 Å². The van der Waals surface area contributed by atoms with E-state index in [9.17, 15) is 29.1 Å². The number of ether oxygens (including phenoxy) is 1. The van der Waals surface area contributed by atoms with E-state index in [-0.39, 0.29) is 68.4 Å². The summed E-state index contributed by atoms with van der Waals surface area (Å²) in [5.74, 6) is 0.240. The van der Waals surface area contributed by atoms with Crippen LogP contribution in [0.2, 0.25) is 5.02 Å². The molecule has 13 nitrogen and oxygen atoms in total. The average molecular weight is 1060 g/mol. The maximum Gasteiger partial charge on any atom is 0.270 e. The third-order valence-electron chi connectivity index (χ3n) is 14.2. The second-order valence-corrected chi connectivity index (χ2v) is 22.5. The minimum atomic E-state index is -0.870. The lowest BCUT2D eigenvalue weighted by atomic mass is 9.71. The quantitative estimate of drug-likeness (QED) is 0.0379. The van der Waals surface area contributed by atoms with E-state index in [1.54, 1.807) is 30.7 Å². The molecule has 5 aromatic rings. The number of methoxy groups -OCH3 is 1. The second-order valence-electron chi connectivity index (χ2n) is 21.2. The first kappa shape index (κ1) is 56.4. The van der Waals surface area contributed by atoms with Gasteiger partial charge in [-0.3, -0.25) is 24.0 Å². The van der Waals surface area contributed by atoms with E-state index in [0.29, 0.717) is 36.2 Å². The Morgan fingerprint density at radius 3 is 2.25 bits per heavy atom. The summed E-state index contributed by atoms with van der Waals surface area (Å²) in [6, 6.07) is 25.9. The minimum absolute atomic E-state index is 0.0226. The summed E-state index contributed by atoms with van der Waals surface area (Å²) in [7, 11) is 1.59. The number of aliphatic hydroxyl groups excluding tert-OH is 1. The van der Waals surface area contributed by atoms with E-state index in [0.717, 1.165) is 77.8 Å². The van der Waals surface area contributed by atoms with Gasteiger partial charge in [-0.1, -0.05) is 131 Å². The first-order valence-electron chi connectivity index (χ1n) is 26.3. The van der Waals surface area contributed by atoms with Crippen molar-refractivity contribution in [2.45, 2.75) is 136 Å². The predicted octanol–water partition coefficient (Wildman–Crippen LogP) is 10.1. The lowest BCUT2D eigenvalue weighted by Crippen LogP contribution is -2.57. The summed E-state index contributed by atoms with van der Waals surface area (Å²) in [5, 5.41) is 25.3. The number of aromatic nitrogens is 1. The average Bonchev–Trinajstić information content (AvgIpc) is 4.00. The Hall–Kier alpha value is -6.35. The number of likely N-dealkylation sites (tertiary alicyclic amines) is 1. The highest BCUT2D eigenvalue weighted by molar-refractivity contribution is 7.13. The van der Waals surface area contributed by atoms with Crippen LogP contribution in [0.4, 0.5) is 0 Å². The lowest BCUT2D eigenvalue weighted by Gasteiger charge is -2.35. The number of nitrogens with one attached hydrogen (secondary N) is 4. The number of hydrogen-bond donors (Lipinski definition) is 5. The highest BCUT2D eigenvalue weighted by Crippen LogP contribution is 2.43. The second kappa shape index (κ2) is 26.9. The molecule has 15 heteroatoms. The summed E-state index contributed by atoms with van der Waals surface area (Å²) < 4.78 is 5.54. The standard InChI is InChI=1S/C60H73ClN6O7S/c1-39-26-28-75-55(39)45-19-16-40(17-20-45)35-65-58(72)51-34-49(68)38-67(51)59(73)56(60(2,3)4)66-53(69)15-10-8-6-7-9-11-27-62-54(70)32-41-13-12-14-43(29-41)36-64-57(71)50-33-46(52(74-5)37-63-50)21-18-42-30-47(31-42)44-22-24-48(61)25-23-44/h12-14,16-26,28-29,33,37,42,47,49,51,56,68H,6-11,15,27,30-32,34-36,38H2,1-5H3,(H,62,70)(H,64,71)(H,65,72)(H,66,69)/b21-18+/t42?,47?,49-,51+,56-/m1/s1. The highest BCUT2D eigenvalue weighted by atomic mass is 35.5. The van der Waals surface area contributed by atoms with E-state index in [2.05, 4.69) is 62.8 Å². The zero-order valence-electron chi connectivity index (χ0n) is 44.0. The molecule has 7 rings (SSSR count). The third-order valence-corrected chi connectivity index (χ3v) is 15.5. The largest absolute Gasteiger partial charge is 0.495 e. The number of amides is 5. The van der Waals surface area contributed by atoms with Crippen molar-refractivity contribution in [1.82, 2.24) is 31.2 Å². The summed E-state index contributed by atoms with van der Waals surface area (Å²) in [5.41, 5.74) is 6.74. The van der Waals surface area contributed by atoms with Gasteiger partial charge in [0.2, 0.25) is 23.6 Å². The van der Waals surface area contributed by atoms with Crippen LogP contribution in [-0.4, -0.2) is 82.9 Å². The summed E-state index contributed by atoms with van der Waals surface area (Å²) >= 11 is 7.75. The van der Waals surface area contributed by atoms with Gasteiger partial charge in [-0.25, -0.2) is 4.98 Å².